The van der Waals surface area contributed by atoms with Gasteiger partial charge in [-0.05, 0) is 25.0 Å². The minimum atomic E-state index is -0.567. The second-order valence-electron chi connectivity index (χ2n) is 5.53. The van der Waals surface area contributed by atoms with Crippen LogP contribution in [0.3, 0.4) is 0 Å². The summed E-state index contributed by atoms with van der Waals surface area (Å²) in [7, 11) is 0. The quantitative estimate of drug-likeness (QED) is 0.660. The molecule has 24 heavy (non-hydrogen) atoms. The predicted octanol–water partition coefficient (Wildman–Crippen LogP) is 2.14. The summed E-state index contributed by atoms with van der Waals surface area (Å²) < 4.78 is 0. The number of aromatic amines is 1. The molecule has 1 aliphatic rings. The molecule has 0 radical (unpaired) electrons. The number of pyridine rings is 1. The number of hydrogen-bond acceptors (Lipinski definition) is 5. The van der Waals surface area contributed by atoms with Gasteiger partial charge in [-0.2, -0.15) is 0 Å². The fourth-order valence-electron chi connectivity index (χ4n) is 2.74. The molecule has 0 unspecified atom stereocenters. The Kier molecular flexibility index (Phi) is 4.28. The van der Waals surface area contributed by atoms with E-state index in [0.717, 1.165) is 25.9 Å². The third-order valence-electron chi connectivity index (χ3n) is 3.95. The molecule has 0 aliphatic carbocycles. The van der Waals surface area contributed by atoms with Crippen molar-refractivity contribution >= 4 is 23.0 Å². The Bertz CT molecular complexity index is 840. The van der Waals surface area contributed by atoms with E-state index in [1.807, 2.05) is 4.90 Å². The summed E-state index contributed by atoms with van der Waals surface area (Å²) in [6.45, 7) is 1.54. The van der Waals surface area contributed by atoms with Crippen molar-refractivity contribution in [3.63, 3.8) is 0 Å². The number of carbonyl (C=O) groups excluding carboxylic acids is 1. The zero-order chi connectivity index (χ0) is 17.1. The van der Waals surface area contributed by atoms with Crippen molar-refractivity contribution in [2.45, 2.75) is 12.8 Å². The van der Waals surface area contributed by atoms with Crippen molar-refractivity contribution in [2.24, 2.45) is 0 Å². The van der Waals surface area contributed by atoms with E-state index in [4.69, 9.17) is 0 Å². The first-order valence-corrected chi connectivity index (χ1v) is 7.58. The summed E-state index contributed by atoms with van der Waals surface area (Å²) >= 11 is 0. The zero-order valence-electron chi connectivity index (χ0n) is 12.8. The Morgan fingerprint density at radius 3 is 2.67 bits per heavy atom. The highest BCUT2D eigenvalue weighted by molar-refractivity contribution is 6.05. The van der Waals surface area contributed by atoms with E-state index in [2.05, 4.69) is 10.3 Å². The molecule has 1 aliphatic heterocycles. The summed E-state index contributed by atoms with van der Waals surface area (Å²) in [5.74, 6) is -0.567. The molecule has 0 spiro atoms. The first-order valence-electron chi connectivity index (χ1n) is 7.58. The Labute approximate surface area is 137 Å². The van der Waals surface area contributed by atoms with Crippen molar-refractivity contribution in [1.82, 2.24) is 4.98 Å². The number of amides is 1. The van der Waals surface area contributed by atoms with E-state index in [9.17, 15) is 19.7 Å². The highest BCUT2D eigenvalue weighted by Gasteiger charge is 2.24. The summed E-state index contributed by atoms with van der Waals surface area (Å²) in [6, 6.07) is 5.66. The molecule has 1 aromatic carbocycles. The molecule has 0 bridgehead atoms. The second kappa shape index (κ2) is 6.53. The average Bonchev–Trinajstić information content (AvgIpc) is 3.10. The average molecular weight is 328 g/mol. The summed E-state index contributed by atoms with van der Waals surface area (Å²) in [5.41, 5.74) is 0.296. The van der Waals surface area contributed by atoms with Gasteiger partial charge in [0.2, 0.25) is 5.43 Å². The molecular formula is C16H16N4O4. The number of rotatable bonds is 4. The topological polar surface area (TPSA) is 108 Å². The molecule has 124 valence electrons. The fourth-order valence-corrected chi connectivity index (χ4v) is 2.74. The van der Waals surface area contributed by atoms with Gasteiger partial charge in [-0.25, -0.2) is 0 Å². The van der Waals surface area contributed by atoms with Crippen LogP contribution < -0.4 is 15.6 Å². The lowest BCUT2D eigenvalue weighted by Crippen LogP contribution is -2.20. The molecule has 3 rings (SSSR count). The van der Waals surface area contributed by atoms with E-state index in [1.54, 1.807) is 6.07 Å². The normalized spacial score (nSPS) is 13.8. The third kappa shape index (κ3) is 3.12. The van der Waals surface area contributed by atoms with Gasteiger partial charge in [0.1, 0.15) is 11.4 Å². The Hall–Kier alpha value is -3.16. The number of benzene rings is 1. The van der Waals surface area contributed by atoms with Gasteiger partial charge in [0.25, 0.3) is 11.6 Å². The van der Waals surface area contributed by atoms with Crippen LogP contribution >= 0.6 is 0 Å². The first kappa shape index (κ1) is 15.7. The maximum Gasteiger partial charge on any atom is 0.293 e. The summed E-state index contributed by atoms with van der Waals surface area (Å²) in [6.07, 6.45) is 4.81. The van der Waals surface area contributed by atoms with Crippen LogP contribution in [0, 0.1) is 10.1 Å². The van der Waals surface area contributed by atoms with Crippen LogP contribution in [-0.2, 0) is 0 Å². The molecule has 8 nitrogen and oxygen atoms in total. The Morgan fingerprint density at radius 2 is 2.00 bits per heavy atom. The van der Waals surface area contributed by atoms with Gasteiger partial charge in [-0.1, -0.05) is 0 Å². The molecule has 1 aromatic heterocycles. The predicted molar refractivity (Wildman–Crippen MR) is 89.6 cm³/mol. The summed E-state index contributed by atoms with van der Waals surface area (Å²) in [5, 5.41) is 13.8. The van der Waals surface area contributed by atoms with Crippen LogP contribution in [0.15, 0.2) is 41.5 Å². The van der Waals surface area contributed by atoms with Crippen LogP contribution in [0.2, 0.25) is 0 Å². The van der Waals surface area contributed by atoms with Crippen molar-refractivity contribution in [3.8, 4) is 0 Å². The number of aromatic nitrogens is 1. The molecule has 1 saturated heterocycles. The molecule has 2 N–H and O–H groups in total. The molecule has 1 amide bonds. The second-order valence-corrected chi connectivity index (χ2v) is 5.53. The van der Waals surface area contributed by atoms with Crippen molar-refractivity contribution < 1.29 is 9.72 Å². The molecule has 0 atom stereocenters. The minimum absolute atomic E-state index is 0.0915. The molecular weight excluding hydrogens is 312 g/mol. The summed E-state index contributed by atoms with van der Waals surface area (Å²) in [4.78, 5) is 39.4. The van der Waals surface area contributed by atoms with Crippen LogP contribution in [0.1, 0.15) is 23.2 Å². The van der Waals surface area contributed by atoms with Gasteiger partial charge in [-0.3, -0.25) is 19.7 Å². The molecule has 2 aromatic rings. The number of hydrogen-bond donors (Lipinski definition) is 2. The lowest BCUT2D eigenvalue weighted by molar-refractivity contribution is -0.384. The molecule has 1 fully saturated rings. The number of nitrogens with one attached hydrogen (secondary N) is 2. The maximum atomic E-state index is 12.3. The maximum absolute atomic E-state index is 12.3. The molecule has 8 heteroatoms. The van der Waals surface area contributed by atoms with E-state index in [0.29, 0.717) is 5.69 Å². The lowest BCUT2D eigenvalue weighted by atomic mass is 10.1. The van der Waals surface area contributed by atoms with Gasteiger partial charge >= 0.3 is 0 Å². The number of nitro groups is 1. The van der Waals surface area contributed by atoms with Crippen LogP contribution in [0.5, 0.6) is 0 Å². The van der Waals surface area contributed by atoms with Crippen molar-refractivity contribution in [1.29, 1.82) is 0 Å². The van der Waals surface area contributed by atoms with Crippen LogP contribution in [0.4, 0.5) is 17.1 Å². The van der Waals surface area contributed by atoms with Gasteiger partial charge in [0.15, 0.2) is 0 Å². The van der Waals surface area contributed by atoms with E-state index >= 15 is 0 Å². The first-order chi connectivity index (χ1) is 11.6. The molecule has 0 saturated carbocycles. The van der Waals surface area contributed by atoms with Crippen LogP contribution in [-0.4, -0.2) is 28.9 Å². The highest BCUT2D eigenvalue weighted by Crippen LogP contribution is 2.31. The van der Waals surface area contributed by atoms with Gasteiger partial charge < -0.3 is 15.2 Å². The minimum Gasteiger partial charge on any atom is -0.366 e. The Morgan fingerprint density at radius 1 is 1.25 bits per heavy atom. The van der Waals surface area contributed by atoms with Gasteiger partial charge in [0.05, 0.1) is 4.92 Å². The zero-order valence-corrected chi connectivity index (χ0v) is 12.8. The molecule has 2 heterocycles. The van der Waals surface area contributed by atoms with E-state index in [-0.39, 0.29) is 22.4 Å². The van der Waals surface area contributed by atoms with Crippen molar-refractivity contribution in [2.75, 3.05) is 23.3 Å². The largest absolute Gasteiger partial charge is 0.366 e. The number of anilines is 2. The number of nitro benzene ring substituents is 1. The SMILES string of the molecule is O=C(Nc1c[nH]ccc1=O)c1ccc(N2CCCC2)c([N+](=O)[O-])c1. The standard InChI is InChI=1S/C16H16N4O4/c21-15-5-6-17-10-12(15)18-16(22)11-3-4-13(14(9-11)20(23)24)19-7-1-2-8-19/h3-6,9-10H,1-2,7-8H2,(H,17,21)(H,18,22). The Balaban J connectivity index is 1.89. The van der Waals surface area contributed by atoms with Crippen molar-refractivity contribution in [3.05, 3.63) is 62.6 Å². The number of carbonyl (C=O) groups is 1. The monoisotopic (exact) mass is 328 g/mol. The third-order valence-corrected chi connectivity index (χ3v) is 3.95. The smallest absolute Gasteiger partial charge is 0.293 e. The van der Waals surface area contributed by atoms with Crippen LogP contribution in [0.25, 0.3) is 0 Å². The van der Waals surface area contributed by atoms with Gasteiger partial charge in [0, 0.05) is 43.2 Å². The number of nitrogens with zero attached hydrogens (tertiary/aromatic N) is 2. The highest BCUT2D eigenvalue weighted by atomic mass is 16.6. The lowest BCUT2D eigenvalue weighted by Gasteiger charge is -2.17. The number of H-pyrrole nitrogens is 1. The fraction of sp³-hybridized carbons (Fsp3) is 0.250. The van der Waals surface area contributed by atoms with Gasteiger partial charge in [-0.15, -0.1) is 0 Å². The van der Waals surface area contributed by atoms with E-state index < -0.39 is 10.8 Å². The van der Waals surface area contributed by atoms with E-state index in [1.165, 1.54) is 30.6 Å².